The van der Waals surface area contributed by atoms with Crippen LogP contribution in [0.2, 0.25) is 0 Å². The van der Waals surface area contributed by atoms with Gasteiger partial charge in [-0.3, -0.25) is 9.59 Å². The molecule has 22 heavy (non-hydrogen) atoms. The second kappa shape index (κ2) is 8.92. The average Bonchev–Trinajstić information content (AvgIpc) is 2.52. The van der Waals surface area contributed by atoms with Crippen LogP contribution in [0.1, 0.15) is 19.4 Å². The first-order chi connectivity index (χ1) is 10.6. The van der Waals surface area contributed by atoms with Gasteiger partial charge in [0.2, 0.25) is 0 Å². The van der Waals surface area contributed by atoms with Crippen molar-refractivity contribution in [3.05, 3.63) is 23.8 Å². The molecule has 0 amide bonds. The number of rotatable bonds is 8. The van der Waals surface area contributed by atoms with Crippen LogP contribution in [0.4, 0.5) is 0 Å². The molecule has 0 saturated heterocycles. The fourth-order valence-corrected chi connectivity index (χ4v) is 1.99. The average molecular weight is 310 g/mol. The van der Waals surface area contributed by atoms with Gasteiger partial charge in [-0.2, -0.15) is 0 Å². The van der Waals surface area contributed by atoms with Crippen molar-refractivity contribution < 1.29 is 28.5 Å². The molecule has 0 N–H and O–H groups in total. The molecule has 0 fully saturated rings. The quantitative estimate of drug-likeness (QED) is 0.540. The fourth-order valence-electron chi connectivity index (χ4n) is 1.99. The molecular weight excluding hydrogens is 288 g/mol. The van der Waals surface area contributed by atoms with Crippen molar-refractivity contribution in [1.29, 1.82) is 0 Å². The summed E-state index contributed by atoms with van der Waals surface area (Å²) in [7, 11) is 3.06. The van der Waals surface area contributed by atoms with Crippen molar-refractivity contribution in [2.24, 2.45) is 5.92 Å². The summed E-state index contributed by atoms with van der Waals surface area (Å²) in [6.45, 7) is 3.80. The summed E-state index contributed by atoms with van der Waals surface area (Å²) >= 11 is 0. The highest BCUT2D eigenvalue weighted by Crippen LogP contribution is 2.28. The van der Waals surface area contributed by atoms with E-state index in [1.54, 1.807) is 32.0 Å². The molecule has 0 aliphatic carbocycles. The van der Waals surface area contributed by atoms with Crippen LogP contribution in [0.15, 0.2) is 18.2 Å². The maximum atomic E-state index is 12.0. The Morgan fingerprint density at radius 2 is 1.50 bits per heavy atom. The number of hydrogen-bond acceptors (Lipinski definition) is 6. The van der Waals surface area contributed by atoms with Gasteiger partial charge in [0.15, 0.2) is 17.4 Å². The number of esters is 2. The van der Waals surface area contributed by atoms with E-state index in [-0.39, 0.29) is 19.6 Å². The van der Waals surface area contributed by atoms with Crippen LogP contribution in [0.3, 0.4) is 0 Å². The lowest BCUT2D eigenvalue weighted by Crippen LogP contribution is -2.30. The molecule has 0 bridgehead atoms. The number of benzene rings is 1. The molecule has 0 radical (unpaired) electrons. The Hall–Kier alpha value is -2.24. The molecule has 0 atom stereocenters. The predicted octanol–water partition coefficient (Wildman–Crippen LogP) is 1.99. The molecule has 0 saturated carbocycles. The standard InChI is InChI=1S/C16H22O6/c1-5-21-15(17)12(16(18)22-6-2)9-11-7-8-13(19-3)14(10-11)20-4/h7-8,10,12H,5-6,9H2,1-4H3. The minimum absolute atomic E-state index is 0.179. The summed E-state index contributed by atoms with van der Waals surface area (Å²) in [5.74, 6) is -1.05. The van der Waals surface area contributed by atoms with Crippen LogP contribution in [0.5, 0.6) is 11.5 Å². The summed E-state index contributed by atoms with van der Waals surface area (Å²) in [5.41, 5.74) is 0.753. The summed E-state index contributed by atoms with van der Waals surface area (Å²) < 4.78 is 20.3. The first-order valence-electron chi connectivity index (χ1n) is 7.11. The SMILES string of the molecule is CCOC(=O)C(Cc1ccc(OC)c(OC)c1)C(=O)OCC. The first-order valence-corrected chi connectivity index (χ1v) is 7.11. The van der Waals surface area contributed by atoms with Crippen molar-refractivity contribution >= 4 is 11.9 Å². The topological polar surface area (TPSA) is 71.1 Å². The Labute approximate surface area is 130 Å². The molecule has 0 heterocycles. The summed E-state index contributed by atoms with van der Waals surface area (Å²) in [5, 5.41) is 0. The third-order valence-corrected chi connectivity index (χ3v) is 3.03. The summed E-state index contributed by atoms with van der Waals surface area (Å²) in [6, 6.07) is 5.22. The summed E-state index contributed by atoms with van der Waals surface area (Å²) in [4.78, 5) is 23.9. The van der Waals surface area contributed by atoms with E-state index in [0.717, 1.165) is 5.56 Å². The zero-order chi connectivity index (χ0) is 16.5. The molecular formula is C16H22O6. The minimum atomic E-state index is -0.988. The van der Waals surface area contributed by atoms with Gasteiger partial charge >= 0.3 is 11.9 Å². The maximum absolute atomic E-state index is 12.0. The Kier molecular flexibility index (Phi) is 7.22. The van der Waals surface area contributed by atoms with Gasteiger partial charge in [-0.1, -0.05) is 6.07 Å². The smallest absolute Gasteiger partial charge is 0.320 e. The van der Waals surface area contributed by atoms with Crippen LogP contribution in [0.25, 0.3) is 0 Å². The second-order valence-electron chi connectivity index (χ2n) is 4.45. The molecule has 0 aromatic heterocycles. The largest absolute Gasteiger partial charge is 0.493 e. The van der Waals surface area contributed by atoms with E-state index in [1.165, 1.54) is 14.2 Å². The van der Waals surface area contributed by atoms with Gasteiger partial charge in [0, 0.05) is 0 Å². The van der Waals surface area contributed by atoms with Crippen molar-refractivity contribution in [3.8, 4) is 11.5 Å². The van der Waals surface area contributed by atoms with Crippen LogP contribution >= 0.6 is 0 Å². The van der Waals surface area contributed by atoms with Crippen molar-refractivity contribution in [1.82, 2.24) is 0 Å². The molecule has 6 heteroatoms. The number of ether oxygens (including phenoxy) is 4. The van der Waals surface area contributed by atoms with E-state index in [4.69, 9.17) is 18.9 Å². The van der Waals surface area contributed by atoms with E-state index in [2.05, 4.69) is 0 Å². The minimum Gasteiger partial charge on any atom is -0.493 e. The summed E-state index contributed by atoms with van der Waals surface area (Å²) in [6.07, 6.45) is 0.179. The van der Waals surface area contributed by atoms with Gasteiger partial charge < -0.3 is 18.9 Å². The van der Waals surface area contributed by atoms with Crippen LogP contribution in [0, 0.1) is 5.92 Å². The highest BCUT2D eigenvalue weighted by molar-refractivity contribution is 5.95. The van der Waals surface area contributed by atoms with Crippen LogP contribution < -0.4 is 9.47 Å². The Morgan fingerprint density at radius 1 is 0.955 bits per heavy atom. The van der Waals surface area contributed by atoms with Crippen LogP contribution in [-0.4, -0.2) is 39.4 Å². The van der Waals surface area contributed by atoms with E-state index >= 15 is 0 Å². The zero-order valence-corrected chi connectivity index (χ0v) is 13.4. The lowest BCUT2D eigenvalue weighted by Gasteiger charge is -2.15. The second-order valence-corrected chi connectivity index (χ2v) is 4.45. The highest BCUT2D eigenvalue weighted by Gasteiger charge is 2.30. The normalized spacial score (nSPS) is 10.2. The van der Waals surface area contributed by atoms with Gasteiger partial charge in [0.1, 0.15) is 0 Å². The molecule has 0 unspecified atom stereocenters. The number of carbonyl (C=O) groups is 2. The van der Waals surface area contributed by atoms with Gasteiger partial charge in [0.05, 0.1) is 27.4 Å². The number of carbonyl (C=O) groups excluding carboxylic acids is 2. The highest BCUT2D eigenvalue weighted by atomic mass is 16.6. The zero-order valence-electron chi connectivity index (χ0n) is 13.4. The van der Waals surface area contributed by atoms with Gasteiger partial charge in [-0.25, -0.2) is 0 Å². The lowest BCUT2D eigenvalue weighted by atomic mass is 9.99. The van der Waals surface area contributed by atoms with Gasteiger partial charge in [-0.15, -0.1) is 0 Å². The molecule has 122 valence electrons. The van der Waals surface area contributed by atoms with E-state index in [0.29, 0.717) is 11.5 Å². The Balaban J connectivity index is 2.98. The number of hydrogen-bond donors (Lipinski definition) is 0. The van der Waals surface area contributed by atoms with E-state index < -0.39 is 17.9 Å². The van der Waals surface area contributed by atoms with Crippen molar-refractivity contribution in [2.75, 3.05) is 27.4 Å². The van der Waals surface area contributed by atoms with Crippen LogP contribution in [-0.2, 0) is 25.5 Å². The first kappa shape index (κ1) is 17.8. The molecule has 6 nitrogen and oxygen atoms in total. The lowest BCUT2D eigenvalue weighted by molar-refractivity contribution is -0.161. The number of methoxy groups -OCH3 is 2. The van der Waals surface area contributed by atoms with Gasteiger partial charge in [-0.05, 0) is 38.0 Å². The maximum Gasteiger partial charge on any atom is 0.320 e. The Bertz CT molecular complexity index is 493. The van der Waals surface area contributed by atoms with Gasteiger partial charge in [0.25, 0.3) is 0 Å². The predicted molar refractivity (Wildman–Crippen MR) is 80.0 cm³/mol. The third-order valence-electron chi connectivity index (χ3n) is 3.03. The molecule has 1 aromatic carbocycles. The molecule has 0 spiro atoms. The van der Waals surface area contributed by atoms with Crippen molar-refractivity contribution in [2.45, 2.75) is 20.3 Å². The Morgan fingerprint density at radius 3 is 1.95 bits per heavy atom. The fraction of sp³-hybridized carbons (Fsp3) is 0.500. The van der Waals surface area contributed by atoms with Crippen molar-refractivity contribution in [3.63, 3.8) is 0 Å². The molecule has 0 aliphatic rings. The molecule has 1 rings (SSSR count). The van der Waals surface area contributed by atoms with E-state index in [9.17, 15) is 9.59 Å². The molecule has 1 aromatic rings. The monoisotopic (exact) mass is 310 g/mol. The van der Waals surface area contributed by atoms with E-state index in [1.807, 2.05) is 0 Å². The molecule has 0 aliphatic heterocycles. The third kappa shape index (κ3) is 4.65.